The molecule has 1 N–H and O–H groups in total. The molecule has 2 aromatic heterocycles. The minimum atomic E-state index is 0.692. The average Bonchev–Trinajstić information content (AvgIpc) is 2.76. The van der Waals surface area contributed by atoms with Crippen molar-refractivity contribution in [3.05, 3.63) is 33.6 Å². The Kier molecular flexibility index (Phi) is 3.13. The zero-order chi connectivity index (χ0) is 10.7. The van der Waals surface area contributed by atoms with Crippen LogP contribution in [0.2, 0.25) is 0 Å². The molecule has 0 bridgehead atoms. The fourth-order valence-electron chi connectivity index (χ4n) is 1.30. The van der Waals surface area contributed by atoms with Crippen LogP contribution >= 0.6 is 11.3 Å². The maximum atomic E-state index is 5.08. The van der Waals surface area contributed by atoms with Gasteiger partial charge in [0, 0.05) is 18.0 Å². The molecular weight excluding hydrogens is 210 g/mol. The zero-order valence-electron chi connectivity index (χ0n) is 8.78. The molecule has 2 heterocycles. The molecule has 0 saturated heterocycles. The lowest BCUT2D eigenvalue weighted by Crippen LogP contribution is -2.12. The lowest BCUT2D eigenvalue weighted by molar-refractivity contribution is 0.369. The summed E-state index contributed by atoms with van der Waals surface area (Å²) in [4.78, 5) is 4.36. The molecule has 0 amide bonds. The zero-order valence-corrected chi connectivity index (χ0v) is 9.60. The van der Waals surface area contributed by atoms with Gasteiger partial charge >= 0.3 is 0 Å². The smallest absolute Gasteiger partial charge is 0.150 e. The van der Waals surface area contributed by atoms with Crippen molar-refractivity contribution >= 4 is 11.3 Å². The molecule has 0 radical (unpaired) electrons. The first kappa shape index (κ1) is 10.3. The molecule has 2 rings (SSSR count). The molecule has 0 aliphatic rings. The first-order chi connectivity index (χ1) is 7.24. The first-order valence-electron chi connectivity index (χ1n) is 4.78. The van der Waals surface area contributed by atoms with Gasteiger partial charge in [0.2, 0.25) is 0 Å². The van der Waals surface area contributed by atoms with Crippen LogP contribution in [0.1, 0.15) is 22.2 Å². The van der Waals surface area contributed by atoms with Crippen molar-refractivity contribution in [3.8, 4) is 0 Å². The molecule has 0 aliphatic carbocycles. The summed E-state index contributed by atoms with van der Waals surface area (Å²) < 4.78 is 5.08. The SMILES string of the molecule is Cc1cc(CNCc2csc(C)n2)on1. The molecule has 5 heteroatoms. The van der Waals surface area contributed by atoms with Crippen LogP contribution in [0.3, 0.4) is 0 Å². The van der Waals surface area contributed by atoms with Crippen molar-refractivity contribution in [3.63, 3.8) is 0 Å². The Bertz CT molecular complexity index is 395. The topological polar surface area (TPSA) is 51.0 Å². The Balaban J connectivity index is 1.80. The van der Waals surface area contributed by atoms with Crippen LogP contribution in [0.4, 0.5) is 0 Å². The molecular formula is C10H13N3OS. The second kappa shape index (κ2) is 4.55. The van der Waals surface area contributed by atoms with E-state index in [1.165, 1.54) is 0 Å². The summed E-state index contributed by atoms with van der Waals surface area (Å²) in [5, 5.41) is 10.2. The van der Waals surface area contributed by atoms with Gasteiger partial charge in [-0.15, -0.1) is 11.3 Å². The van der Waals surface area contributed by atoms with Crippen molar-refractivity contribution in [2.24, 2.45) is 0 Å². The van der Waals surface area contributed by atoms with Gasteiger partial charge in [-0.3, -0.25) is 0 Å². The highest BCUT2D eigenvalue weighted by Gasteiger charge is 2.01. The predicted octanol–water partition coefficient (Wildman–Crippen LogP) is 2.04. The van der Waals surface area contributed by atoms with E-state index >= 15 is 0 Å². The van der Waals surface area contributed by atoms with E-state index in [9.17, 15) is 0 Å². The molecule has 15 heavy (non-hydrogen) atoms. The van der Waals surface area contributed by atoms with E-state index in [0.717, 1.165) is 28.7 Å². The summed E-state index contributed by atoms with van der Waals surface area (Å²) in [5.41, 5.74) is 1.99. The minimum absolute atomic E-state index is 0.692. The third-order valence-corrected chi connectivity index (χ3v) is 2.77. The molecule has 4 nitrogen and oxygen atoms in total. The van der Waals surface area contributed by atoms with E-state index in [-0.39, 0.29) is 0 Å². The fraction of sp³-hybridized carbons (Fsp3) is 0.400. The van der Waals surface area contributed by atoms with Crippen molar-refractivity contribution in [1.29, 1.82) is 0 Å². The van der Waals surface area contributed by atoms with Crippen LogP contribution in [-0.2, 0) is 13.1 Å². The van der Waals surface area contributed by atoms with Crippen LogP contribution < -0.4 is 5.32 Å². The Morgan fingerprint density at radius 3 is 2.87 bits per heavy atom. The monoisotopic (exact) mass is 223 g/mol. The van der Waals surface area contributed by atoms with Gasteiger partial charge in [-0.2, -0.15) is 0 Å². The summed E-state index contributed by atoms with van der Waals surface area (Å²) >= 11 is 1.67. The van der Waals surface area contributed by atoms with Crippen LogP contribution in [-0.4, -0.2) is 10.1 Å². The van der Waals surface area contributed by atoms with E-state index < -0.39 is 0 Å². The Hall–Kier alpha value is -1.20. The molecule has 0 fully saturated rings. The Morgan fingerprint density at radius 2 is 2.27 bits per heavy atom. The lowest BCUT2D eigenvalue weighted by Gasteiger charge is -1.97. The molecule has 0 saturated carbocycles. The molecule has 0 atom stereocenters. The third-order valence-electron chi connectivity index (χ3n) is 1.95. The van der Waals surface area contributed by atoms with E-state index in [1.807, 2.05) is 19.9 Å². The van der Waals surface area contributed by atoms with E-state index in [4.69, 9.17) is 4.52 Å². The second-order valence-electron chi connectivity index (χ2n) is 3.40. The fourth-order valence-corrected chi connectivity index (χ4v) is 1.92. The number of rotatable bonds is 4. The van der Waals surface area contributed by atoms with Crippen molar-refractivity contribution < 1.29 is 4.52 Å². The van der Waals surface area contributed by atoms with Crippen molar-refractivity contribution in [2.45, 2.75) is 26.9 Å². The van der Waals surface area contributed by atoms with Gasteiger partial charge in [0.1, 0.15) is 0 Å². The van der Waals surface area contributed by atoms with E-state index in [0.29, 0.717) is 6.54 Å². The minimum Gasteiger partial charge on any atom is -0.360 e. The Labute approximate surface area is 92.3 Å². The normalized spacial score (nSPS) is 10.8. The summed E-state index contributed by atoms with van der Waals surface area (Å²) in [5.74, 6) is 0.861. The van der Waals surface area contributed by atoms with Gasteiger partial charge < -0.3 is 9.84 Å². The van der Waals surface area contributed by atoms with E-state index in [2.05, 4.69) is 20.8 Å². The van der Waals surface area contributed by atoms with Gasteiger partial charge in [-0.1, -0.05) is 5.16 Å². The molecule has 0 aromatic carbocycles. The standard InChI is InChI=1S/C10H13N3OS/c1-7-3-10(14-13-7)5-11-4-9-6-15-8(2)12-9/h3,6,11H,4-5H2,1-2H3. The largest absolute Gasteiger partial charge is 0.360 e. The molecule has 0 aliphatic heterocycles. The number of aromatic nitrogens is 2. The predicted molar refractivity (Wildman–Crippen MR) is 58.6 cm³/mol. The summed E-state index contributed by atoms with van der Waals surface area (Å²) in [6.07, 6.45) is 0. The van der Waals surface area contributed by atoms with Crippen LogP contribution in [0.25, 0.3) is 0 Å². The number of aryl methyl sites for hydroxylation is 2. The van der Waals surface area contributed by atoms with Gasteiger partial charge in [0.25, 0.3) is 0 Å². The third kappa shape index (κ3) is 2.87. The summed E-state index contributed by atoms with van der Waals surface area (Å²) in [7, 11) is 0. The first-order valence-corrected chi connectivity index (χ1v) is 5.66. The summed E-state index contributed by atoms with van der Waals surface area (Å²) in [6, 6.07) is 1.93. The number of thiazole rings is 1. The maximum absolute atomic E-state index is 5.08. The number of hydrogen-bond donors (Lipinski definition) is 1. The average molecular weight is 223 g/mol. The number of nitrogens with one attached hydrogen (secondary N) is 1. The summed E-state index contributed by atoms with van der Waals surface area (Å²) in [6.45, 7) is 5.38. The van der Waals surface area contributed by atoms with Crippen molar-refractivity contribution in [1.82, 2.24) is 15.5 Å². The molecule has 80 valence electrons. The van der Waals surface area contributed by atoms with Gasteiger partial charge in [0.15, 0.2) is 5.76 Å². The highest BCUT2D eigenvalue weighted by molar-refractivity contribution is 7.09. The lowest BCUT2D eigenvalue weighted by atomic mass is 10.4. The van der Waals surface area contributed by atoms with Gasteiger partial charge in [0.05, 0.1) is 22.9 Å². The van der Waals surface area contributed by atoms with Crippen molar-refractivity contribution in [2.75, 3.05) is 0 Å². The van der Waals surface area contributed by atoms with Crippen LogP contribution in [0.5, 0.6) is 0 Å². The molecule has 2 aromatic rings. The second-order valence-corrected chi connectivity index (χ2v) is 4.46. The highest BCUT2D eigenvalue weighted by Crippen LogP contribution is 2.08. The number of hydrogen-bond acceptors (Lipinski definition) is 5. The van der Waals surface area contributed by atoms with Crippen LogP contribution in [0, 0.1) is 13.8 Å². The Morgan fingerprint density at radius 1 is 1.40 bits per heavy atom. The highest BCUT2D eigenvalue weighted by atomic mass is 32.1. The number of nitrogens with zero attached hydrogens (tertiary/aromatic N) is 2. The van der Waals surface area contributed by atoms with E-state index in [1.54, 1.807) is 11.3 Å². The molecule has 0 unspecified atom stereocenters. The van der Waals surface area contributed by atoms with Gasteiger partial charge in [-0.05, 0) is 13.8 Å². The quantitative estimate of drug-likeness (QED) is 0.861. The van der Waals surface area contributed by atoms with Gasteiger partial charge in [-0.25, -0.2) is 4.98 Å². The maximum Gasteiger partial charge on any atom is 0.150 e. The molecule has 0 spiro atoms. The van der Waals surface area contributed by atoms with Crippen LogP contribution in [0.15, 0.2) is 16.0 Å².